The van der Waals surface area contributed by atoms with E-state index in [-0.39, 0.29) is 0 Å². The predicted molar refractivity (Wildman–Crippen MR) is 53.7 cm³/mol. The zero-order valence-corrected chi connectivity index (χ0v) is 8.99. The second kappa shape index (κ2) is 4.40. The van der Waals surface area contributed by atoms with Gasteiger partial charge < -0.3 is 0 Å². The summed E-state index contributed by atoms with van der Waals surface area (Å²) in [6.45, 7) is 8.72. The van der Waals surface area contributed by atoms with Crippen LogP contribution >= 0.6 is 0 Å². The maximum absolute atomic E-state index is 4.09. The van der Waals surface area contributed by atoms with Crippen LogP contribution in [0.25, 0.3) is 0 Å². The Labute approximate surface area is 80.1 Å². The Morgan fingerprint density at radius 2 is 2.08 bits per heavy atom. The van der Waals surface area contributed by atoms with Gasteiger partial charge in [-0.3, -0.25) is 0 Å². The van der Waals surface area contributed by atoms with Gasteiger partial charge in [-0.15, -0.1) is 5.10 Å². The van der Waals surface area contributed by atoms with Crippen molar-refractivity contribution in [2.75, 3.05) is 0 Å². The lowest BCUT2D eigenvalue weighted by atomic mass is 10.0. The summed E-state index contributed by atoms with van der Waals surface area (Å²) in [7, 11) is 0. The van der Waals surface area contributed by atoms with Crippen molar-refractivity contribution in [3.05, 3.63) is 11.9 Å². The standard InChI is InChI=1S/C10H19N3/c1-5-6-9(4)10-7-11-12-13(10)8(2)3/h7-9H,5-6H2,1-4H3. The monoisotopic (exact) mass is 181 g/mol. The van der Waals surface area contributed by atoms with Crippen molar-refractivity contribution in [2.45, 2.75) is 52.5 Å². The molecule has 0 saturated heterocycles. The van der Waals surface area contributed by atoms with Crippen LogP contribution in [0.3, 0.4) is 0 Å². The molecule has 0 aliphatic heterocycles. The lowest BCUT2D eigenvalue weighted by molar-refractivity contribution is 0.471. The third kappa shape index (κ3) is 2.29. The average Bonchev–Trinajstić information content (AvgIpc) is 2.52. The first-order chi connectivity index (χ1) is 6.16. The van der Waals surface area contributed by atoms with E-state index in [0.717, 1.165) is 0 Å². The van der Waals surface area contributed by atoms with Crippen molar-refractivity contribution >= 4 is 0 Å². The lowest BCUT2D eigenvalue weighted by Gasteiger charge is -2.14. The van der Waals surface area contributed by atoms with Gasteiger partial charge in [0.05, 0.1) is 11.9 Å². The molecule has 1 aromatic rings. The molecule has 0 amide bonds. The van der Waals surface area contributed by atoms with Crippen LogP contribution in [0.15, 0.2) is 6.20 Å². The highest BCUT2D eigenvalue weighted by atomic mass is 15.4. The largest absolute Gasteiger partial charge is 0.247 e. The molecule has 0 aliphatic rings. The van der Waals surface area contributed by atoms with E-state index in [9.17, 15) is 0 Å². The van der Waals surface area contributed by atoms with Crippen LogP contribution in [0.2, 0.25) is 0 Å². The maximum Gasteiger partial charge on any atom is 0.0728 e. The molecule has 74 valence electrons. The fourth-order valence-corrected chi connectivity index (χ4v) is 1.59. The second-order valence-corrected chi connectivity index (χ2v) is 3.89. The molecular formula is C10H19N3. The highest BCUT2D eigenvalue weighted by molar-refractivity contribution is 5.02. The molecule has 3 heteroatoms. The lowest BCUT2D eigenvalue weighted by Crippen LogP contribution is -2.09. The zero-order chi connectivity index (χ0) is 9.84. The van der Waals surface area contributed by atoms with E-state index in [4.69, 9.17) is 0 Å². The number of rotatable bonds is 4. The van der Waals surface area contributed by atoms with Gasteiger partial charge in [-0.2, -0.15) is 0 Å². The van der Waals surface area contributed by atoms with Gasteiger partial charge in [0, 0.05) is 6.04 Å². The predicted octanol–water partition coefficient (Wildman–Crippen LogP) is 2.76. The number of hydrogen-bond acceptors (Lipinski definition) is 2. The fourth-order valence-electron chi connectivity index (χ4n) is 1.59. The van der Waals surface area contributed by atoms with Crippen LogP contribution in [-0.4, -0.2) is 15.0 Å². The van der Waals surface area contributed by atoms with E-state index in [2.05, 4.69) is 38.0 Å². The molecule has 0 aromatic carbocycles. The van der Waals surface area contributed by atoms with E-state index >= 15 is 0 Å². The van der Waals surface area contributed by atoms with E-state index in [1.165, 1.54) is 18.5 Å². The van der Waals surface area contributed by atoms with Gasteiger partial charge in [-0.05, 0) is 26.2 Å². The van der Waals surface area contributed by atoms with Crippen LogP contribution in [0, 0.1) is 0 Å². The molecule has 1 rings (SSSR count). The average molecular weight is 181 g/mol. The smallest absolute Gasteiger partial charge is 0.0728 e. The normalized spacial score (nSPS) is 13.6. The maximum atomic E-state index is 4.09. The highest BCUT2D eigenvalue weighted by Gasteiger charge is 2.12. The molecule has 1 aromatic heterocycles. The number of aromatic nitrogens is 3. The molecule has 1 atom stereocenters. The Morgan fingerprint density at radius 3 is 2.62 bits per heavy atom. The van der Waals surface area contributed by atoms with Crippen LogP contribution in [-0.2, 0) is 0 Å². The number of hydrogen-bond donors (Lipinski definition) is 0. The molecule has 0 saturated carbocycles. The summed E-state index contributed by atoms with van der Waals surface area (Å²) in [6.07, 6.45) is 4.31. The Hall–Kier alpha value is -0.860. The van der Waals surface area contributed by atoms with Crippen LogP contribution in [0.1, 0.15) is 58.2 Å². The summed E-state index contributed by atoms with van der Waals surface area (Å²) in [6, 6.07) is 0.414. The van der Waals surface area contributed by atoms with Gasteiger partial charge >= 0.3 is 0 Å². The van der Waals surface area contributed by atoms with Crippen molar-refractivity contribution < 1.29 is 0 Å². The van der Waals surface area contributed by atoms with Crippen molar-refractivity contribution in [1.29, 1.82) is 0 Å². The first kappa shape index (κ1) is 10.2. The quantitative estimate of drug-likeness (QED) is 0.715. The van der Waals surface area contributed by atoms with E-state index in [0.29, 0.717) is 12.0 Å². The van der Waals surface area contributed by atoms with Gasteiger partial charge in [0.2, 0.25) is 0 Å². The molecule has 1 unspecified atom stereocenters. The summed E-state index contributed by atoms with van der Waals surface area (Å²) in [4.78, 5) is 0. The summed E-state index contributed by atoms with van der Waals surface area (Å²) < 4.78 is 2.01. The van der Waals surface area contributed by atoms with Gasteiger partial charge in [-0.25, -0.2) is 4.68 Å². The minimum absolute atomic E-state index is 0.414. The third-order valence-electron chi connectivity index (χ3n) is 2.32. The van der Waals surface area contributed by atoms with Gasteiger partial charge in [0.1, 0.15) is 0 Å². The number of nitrogens with zero attached hydrogens (tertiary/aromatic N) is 3. The van der Waals surface area contributed by atoms with Crippen molar-refractivity contribution in [3.8, 4) is 0 Å². The van der Waals surface area contributed by atoms with Crippen molar-refractivity contribution in [1.82, 2.24) is 15.0 Å². The molecule has 0 fully saturated rings. The molecule has 0 radical (unpaired) electrons. The van der Waals surface area contributed by atoms with E-state index in [1.54, 1.807) is 0 Å². The van der Waals surface area contributed by atoms with E-state index in [1.807, 2.05) is 10.9 Å². The van der Waals surface area contributed by atoms with E-state index < -0.39 is 0 Å². The summed E-state index contributed by atoms with van der Waals surface area (Å²) >= 11 is 0. The van der Waals surface area contributed by atoms with Crippen LogP contribution in [0.4, 0.5) is 0 Å². The van der Waals surface area contributed by atoms with Crippen LogP contribution < -0.4 is 0 Å². The summed E-state index contributed by atoms with van der Waals surface area (Å²) in [5.74, 6) is 0.572. The third-order valence-corrected chi connectivity index (χ3v) is 2.32. The zero-order valence-electron chi connectivity index (χ0n) is 8.99. The Morgan fingerprint density at radius 1 is 1.38 bits per heavy atom. The summed E-state index contributed by atoms with van der Waals surface area (Å²) in [5, 5.41) is 8.05. The molecule has 3 nitrogen and oxygen atoms in total. The Kier molecular flexibility index (Phi) is 3.46. The molecule has 13 heavy (non-hydrogen) atoms. The molecule has 0 N–H and O–H groups in total. The van der Waals surface area contributed by atoms with Crippen LogP contribution in [0.5, 0.6) is 0 Å². The highest BCUT2D eigenvalue weighted by Crippen LogP contribution is 2.21. The Bertz CT molecular complexity index is 252. The molecule has 0 bridgehead atoms. The Balaban J connectivity index is 2.80. The second-order valence-electron chi connectivity index (χ2n) is 3.89. The minimum Gasteiger partial charge on any atom is -0.247 e. The fraction of sp³-hybridized carbons (Fsp3) is 0.800. The van der Waals surface area contributed by atoms with Gasteiger partial charge in [0.25, 0.3) is 0 Å². The first-order valence-corrected chi connectivity index (χ1v) is 5.06. The van der Waals surface area contributed by atoms with Gasteiger partial charge in [-0.1, -0.05) is 25.5 Å². The van der Waals surface area contributed by atoms with Gasteiger partial charge in [0.15, 0.2) is 0 Å². The SMILES string of the molecule is CCCC(C)c1cnnn1C(C)C. The minimum atomic E-state index is 0.414. The van der Waals surface area contributed by atoms with Crippen molar-refractivity contribution in [2.24, 2.45) is 0 Å². The molecule has 0 spiro atoms. The molecule has 0 aliphatic carbocycles. The summed E-state index contributed by atoms with van der Waals surface area (Å²) in [5.41, 5.74) is 1.26. The topological polar surface area (TPSA) is 30.7 Å². The molecular weight excluding hydrogens is 162 g/mol. The molecule has 1 heterocycles. The first-order valence-electron chi connectivity index (χ1n) is 5.06. The van der Waals surface area contributed by atoms with Crippen molar-refractivity contribution in [3.63, 3.8) is 0 Å².